The van der Waals surface area contributed by atoms with E-state index in [4.69, 9.17) is 26.8 Å². The summed E-state index contributed by atoms with van der Waals surface area (Å²) in [6.07, 6.45) is 5.91. The number of rotatable bonds is 7. The molecule has 2 aromatic carbocycles. The fourth-order valence-electron chi connectivity index (χ4n) is 4.33. The highest BCUT2D eigenvalue weighted by Crippen LogP contribution is 2.36. The van der Waals surface area contributed by atoms with E-state index in [0.29, 0.717) is 22.4 Å². The van der Waals surface area contributed by atoms with Crippen LogP contribution >= 0.6 is 24.0 Å². The van der Waals surface area contributed by atoms with E-state index in [1.807, 2.05) is 73.3 Å². The third-order valence-corrected chi connectivity index (χ3v) is 7.46. The van der Waals surface area contributed by atoms with Gasteiger partial charge in [-0.05, 0) is 68.7 Å². The monoisotopic (exact) mass is 505 g/mol. The molecule has 5 rings (SSSR count). The van der Waals surface area contributed by atoms with Crippen LogP contribution in [0.5, 0.6) is 5.75 Å². The van der Waals surface area contributed by atoms with Crippen LogP contribution in [0.3, 0.4) is 0 Å². The molecule has 1 atom stereocenters. The molecule has 2 fully saturated rings. The number of thiocarbonyl (C=S) groups is 1. The van der Waals surface area contributed by atoms with Crippen molar-refractivity contribution in [1.82, 2.24) is 14.7 Å². The Morgan fingerprint density at radius 2 is 2.09 bits per heavy atom. The molecule has 3 aromatic rings. The van der Waals surface area contributed by atoms with E-state index in [1.54, 1.807) is 4.90 Å². The minimum absolute atomic E-state index is 0.0556. The maximum Gasteiger partial charge on any atom is 0.266 e. The first-order chi connectivity index (χ1) is 17.0. The summed E-state index contributed by atoms with van der Waals surface area (Å²) in [5.74, 6) is 0.784. The quantitative estimate of drug-likeness (QED) is 0.307. The van der Waals surface area contributed by atoms with E-state index in [0.717, 1.165) is 53.3 Å². The molecule has 0 N–H and O–H groups in total. The molecule has 2 aliphatic heterocycles. The van der Waals surface area contributed by atoms with Gasteiger partial charge in [-0.25, -0.2) is 4.68 Å². The Balaban J connectivity index is 1.52. The lowest BCUT2D eigenvalue weighted by molar-refractivity contribution is -0.123. The van der Waals surface area contributed by atoms with Gasteiger partial charge in [-0.1, -0.05) is 42.2 Å². The van der Waals surface area contributed by atoms with E-state index in [2.05, 4.69) is 6.07 Å². The second-order valence-corrected chi connectivity index (χ2v) is 10.2. The number of ether oxygens (including phenoxy) is 2. The average Bonchev–Trinajstić information content (AvgIpc) is 3.59. The van der Waals surface area contributed by atoms with Crippen molar-refractivity contribution in [3.8, 4) is 22.7 Å². The largest absolute Gasteiger partial charge is 0.494 e. The molecule has 0 radical (unpaired) electrons. The van der Waals surface area contributed by atoms with Crippen LogP contribution in [0.15, 0.2) is 59.6 Å². The number of thioether (sulfide) groups is 1. The Labute approximate surface area is 214 Å². The Hall–Kier alpha value is -2.94. The number of para-hydroxylation sites is 1. The molecule has 35 heavy (non-hydrogen) atoms. The summed E-state index contributed by atoms with van der Waals surface area (Å²) in [7, 11) is 0. The van der Waals surface area contributed by atoms with Crippen LogP contribution in [-0.4, -0.2) is 50.8 Å². The number of carbonyl (C=O) groups excluding carboxylic acids is 1. The smallest absolute Gasteiger partial charge is 0.266 e. The Kier molecular flexibility index (Phi) is 7.04. The summed E-state index contributed by atoms with van der Waals surface area (Å²) in [4.78, 5) is 15.5. The second kappa shape index (κ2) is 10.4. The highest BCUT2D eigenvalue weighted by atomic mass is 32.2. The molecule has 1 amide bonds. The third-order valence-electron chi connectivity index (χ3n) is 6.08. The SMILES string of the molecule is CCOc1ccc(-c2nn(-c3ccccc3)cc2/C=C2\SC(=S)N(CC3CCCO3)C2=O)cc1C. The normalized spacial score (nSPS) is 19.2. The van der Waals surface area contributed by atoms with Gasteiger partial charge in [0.25, 0.3) is 5.91 Å². The first kappa shape index (κ1) is 23.8. The van der Waals surface area contributed by atoms with Crippen molar-refractivity contribution >= 4 is 40.3 Å². The van der Waals surface area contributed by atoms with E-state index in [1.165, 1.54) is 11.8 Å². The summed E-state index contributed by atoms with van der Waals surface area (Å²) in [5.41, 5.74) is 4.59. The van der Waals surface area contributed by atoms with E-state index in [9.17, 15) is 4.79 Å². The number of hydrogen-bond donors (Lipinski definition) is 0. The van der Waals surface area contributed by atoms with E-state index in [-0.39, 0.29) is 12.0 Å². The number of nitrogens with zero attached hydrogens (tertiary/aromatic N) is 3. The van der Waals surface area contributed by atoms with Crippen molar-refractivity contribution in [2.24, 2.45) is 0 Å². The Morgan fingerprint density at radius 3 is 2.80 bits per heavy atom. The fourth-order valence-corrected chi connectivity index (χ4v) is 5.60. The van der Waals surface area contributed by atoms with Gasteiger partial charge in [-0.15, -0.1) is 0 Å². The molecular formula is C27H27N3O3S2. The van der Waals surface area contributed by atoms with Crippen LogP contribution in [0.1, 0.15) is 30.9 Å². The lowest BCUT2D eigenvalue weighted by Crippen LogP contribution is -2.35. The average molecular weight is 506 g/mol. The van der Waals surface area contributed by atoms with Crippen LogP contribution in [0, 0.1) is 6.92 Å². The van der Waals surface area contributed by atoms with Crippen molar-refractivity contribution in [3.63, 3.8) is 0 Å². The highest BCUT2D eigenvalue weighted by Gasteiger charge is 2.35. The van der Waals surface area contributed by atoms with Gasteiger partial charge in [0.1, 0.15) is 15.8 Å². The zero-order chi connectivity index (χ0) is 24.4. The second-order valence-electron chi connectivity index (χ2n) is 8.55. The van der Waals surface area contributed by atoms with Crippen molar-refractivity contribution < 1.29 is 14.3 Å². The minimum atomic E-state index is -0.0724. The maximum absolute atomic E-state index is 13.3. The summed E-state index contributed by atoms with van der Waals surface area (Å²) in [5, 5.41) is 4.90. The van der Waals surface area contributed by atoms with Crippen LogP contribution < -0.4 is 4.74 Å². The Bertz CT molecular complexity index is 1280. The molecule has 1 unspecified atom stereocenters. The third kappa shape index (κ3) is 5.05. The molecule has 3 heterocycles. The van der Waals surface area contributed by atoms with Crippen LogP contribution in [-0.2, 0) is 9.53 Å². The summed E-state index contributed by atoms with van der Waals surface area (Å²) in [6.45, 7) is 5.87. The van der Waals surface area contributed by atoms with Gasteiger partial charge in [0.2, 0.25) is 0 Å². The van der Waals surface area contributed by atoms with Gasteiger partial charge in [0.05, 0.1) is 29.8 Å². The molecule has 0 aliphatic carbocycles. The van der Waals surface area contributed by atoms with Crippen LogP contribution in [0.25, 0.3) is 23.0 Å². The standard InChI is InChI=1S/C27H27N3O3S2/c1-3-32-23-12-11-19(14-18(23)2)25-20(16-30(28-25)21-8-5-4-6-9-21)15-24-26(31)29(27(34)35-24)17-22-10-7-13-33-22/h4-6,8-9,11-12,14-16,22H,3,7,10,13,17H2,1-2H3/b24-15-. The van der Waals surface area contributed by atoms with Gasteiger partial charge in [-0.2, -0.15) is 5.10 Å². The van der Waals surface area contributed by atoms with E-state index >= 15 is 0 Å². The predicted octanol–water partition coefficient (Wildman–Crippen LogP) is 5.63. The maximum atomic E-state index is 13.3. The molecule has 180 valence electrons. The zero-order valence-corrected chi connectivity index (χ0v) is 21.4. The molecule has 0 spiro atoms. The fraction of sp³-hybridized carbons (Fsp3) is 0.296. The minimum Gasteiger partial charge on any atom is -0.494 e. The van der Waals surface area contributed by atoms with Gasteiger partial charge < -0.3 is 9.47 Å². The molecule has 0 bridgehead atoms. The number of benzene rings is 2. The number of hydrogen-bond acceptors (Lipinski definition) is 6. The number of aromatic nitrogens is 2. The lowest BCUT2D eigenvalue weighted by atomic mass is 10.0. The molecule has 2 saturated heterocycles. The Morgan fingerprint density at radius 1 is 1.26 bits per heavy atom. The number of aryl methyl sites for hydroxylation is 1. The van der Waals surface area contributed by atoms with Gasteiger partial charge in [0, 0.05) is 23.9 Å². The van der Waals surface area contributed by atoms with E-state index < -0.39 is 0 Å². The van der Waals surface area contributed by atoms with Gasteiger partial charge >= 0.3 is 0 Å². The molecule has 6 nitrogen and oxygen atoms in total. The highest BCUT2D eigenvalue weighted by molar-refractivity contribution is 8.26. The molecule has 0 saturated carbocycles. The molecule has 2 aliphatic rings. The van der Waals surface area contributed by atoms with Crippen molar-refractivity contribution in [1.29, 1.82) is 0 Å². The molecule has 1 aromatic heterocycles. The summed E-state index contributed by atoms with van der Waals surface area (Å²) < 4.78 is 13.9. The van der Waals surface area contributed by atoms with Crippen LogP contribution in [0.2, 0.25) is 0 Å². The number of carbonyl (C=O) groups is 1. The zero-order valence-electron chi connectivity index (χ0n) is 19.8. The van der Waals surface area contributed by atoms with Crippen molar-refractivity contribution in [2.45, 2.75) is 32.8 Å². The van der Waals surface area contributed by atoms with Gasteiger partial charge in [-0.3, -0.25) is 9.69 Å². The van der Waals surface area contributed by atoms with Crippen LogP contribution in [0.4, 0.5) is 0 Å². The number of amides is 1. The first-order valence-electron chi connectivity index (χ1n) is 11.8. The predicted molar refractivity (Wildman–Crippen MR) is 144 cm³/mol. The van der Waals surface area contributed by atoms with Gasteiger partial charge in [0.15, 0.2) is 0 Å². The summed E-state index contributed by atoms with van der Waals surface area (Å²) in [6, 6.07) is 16.0. The topological polar surface area (TPSA) is 56.6 Å². The lowest BCUT2D eigenvalue weighted by Gasteiger charge is -2.18. The summed E-state index contributed by atoms with van der Waals surface area (Å²) >= 11 is 6.88. The molecule has 8 heteroatoms. The van der Waals surface area contributed by atoms with Crippen molar-refractivity contribution in [3.05, 3.63) is 70.8 Å². The molecular weight excluding hydrogens is 478 g/mol. The van der Waals surface area contributed by atoms with Crippen molar-refractivity contribution in [2.75, 3.05) is 19.8 Å². The first-order valence-corrected chi connectivity index (χ1v) is 13.0.